The van der Waals surface area contributed by atoms with Gasteiger partial charge in [0, 0.05) is 37.2 Å². The van der Waals surface area contributed by atoms with Crippen LogP contribution in [0.2, 0.25) is 0 Å². The molecule has 0 saturated carbocycles. The fraction of sp³-hybridized carbons (Fsp3) is 0.529. The zero-order valence-electron chi connectivity index (χ0n) is 13.2. The molecule has 2 aliphatic heterocycles. The van der Waals surface area contributed by atoms with Crippen LogP contribution in [0.15, 0.2) is 18.3 Å². The number of anilines is 1. The van der Waals surface area contributed by atoms with Crippen molar-refractivity contribution in [2.75, 3.05) is 24.7 Å². The molecule has 24 heavy (non-hydrogen) atoms. The highest BCUT2D eigenvalue weighted by atomic mass is 19.2. The lowest BCUT2D eigenvalue weighted by molar-refractivity contribution is -0.0438. The average Bonchev–Trinajstić information content (AvgIpc) is 3.05. The first kappa shape index (κ1) is 15.7. The molecule has 0 spiro atoms. The first-order chi connectivity index (χ1) is 11.6. The minimum Gasteiger partial charge on any atom is -0.393 e. The van der Waals surface area contributed by atoms with Gasteiger partial charge in [0.15, 0.2) is 11.6 Å². The molecule has 5 nitrogen and oxygen atoms in total. The second-order valence-corrected chi connectivity index (χ2v) is 6.48. The molecule has 7 heteroatoms. The Hall–Kier alpha value is -1.86. The van der Waals surface area contributed by atoms with Gasteiger partial charge in [-0.2, -0.15) is 0 Å². The van der Waals surface area contributed by atoms with E-state index in [0.29, 0.717) is 36.5 Å². The van der Waals surface area contributed by atoms with E-state index in [1.54, 1.807) is 6.20 Å². The minimum atomic E-state index is -0.928. The number of hydrogen-bond donors (Lipinski definition) is 1. The molecule has 1 aromatic heterocycles. The third-order valence-electron chi connectivity index (χ3n) is 5.02. The first-order valence-electron chi connectivity index (χ1n) is 8.28. The lowest BCUT2D eigenvalue weighted by Gasteiger charge is -2.37. The van der Waals surface area contributed by atoms with Crippen molar-refractivity contribution in [2.24, 2.45) is 5.92 Å². The normalized spacial score (nSPS) is 27.8. The smallest absolute Gasteiger partial charge is 0.161 e. The summed E-state index contributed by atoms with van der Waals surface area (Å²) in [6.07, 6.45) is 3.79. The molecule has 0 aliphatic carbocycles. The van der Waals surface area contributed by atoms with Gasteiger partial charge in [-0.25, -0.2) is 13.8 Å². The molecule has 3 atom stereocenters. The van der Waals surface area contributed by atoms with E-state index in [1.807, 2.05) is 0 Å². The number of fused-ring (bicyclic) bond motifs is 1. The van der Waals surface area contributed by atoms with Crippen LogP contribution in [0.25, 0.3) is 11.0 Å². The Kier molecular flexibility index (Phi) is 4.05. The number of hydrogen-bond acceptors (Lipinski definition) is 5. The predicted molar refractivity (Wildman–Crippen MR) is 84.8 cm³/mol. The molecule has 0 bridgehead atoms. The lowest BCUT2D eigenvalue weighted by Crippen LogP contribution is -2.46. The summed E-state index contributed by atoms with van der Waals surface area (Å²) >= 11 is 0. The van der Waals surface area contributed by atoms with Gasteiger partial charge >= 0.3 is 0 Å². The van der Waals surface area contributed by atoms with Crippen molar-refractivity contribution in [1.29, 1.82) is 0 Å². The zero-order valence-corrected chi connectivity index (χ0v) is 13.2. The van der Waals surface area contributed by atoms with Gasteiger partial charge in [-0.3, -0.25) is 4.98 Å². The molecule has 0 unspecified atom stereocenters. The van der Waals surface area contributed by atoms with E-state index in [-0.39, 0.29) is 18.1 Å². The number of halogens is 2. The van der Waals surface area contributed by atoms with E-state index in [9.17, 15) is 13.9 Å². The monoisotopic (exact) mass is 335 g/mol. The standard InChI is InChI=1S/C17H19F2N3O2/c18-11-6-13-14(7-12(11)19)21-17(8-20-13)22-4-1-2-15(22)10-9-24-5-3-16(10)23/h6-8,10,15-16,23H,1-5,9H2/t10-,15+,16+/m0/s1. The van der Waals surface area contributed by atoms with Crippen molar-refractivity contribution in [2.45, 2.75) is 31.4 Å². The third-order valence-corrected chi connectivity index (χ3v) is 5.02. The number of rotatable bonds is 2. The highest BCUT2D eigenvalue weighted by Crippen LogP contribution is 2.33. The topological polar surface area (TPSA) is 58.5 Å². The van der Waals surface area contributed by atoms with Crippen LogP contribution >= 0.6 is 0 Å². The van der Waals surface area contributed by atoms with Crippen molar-refractivity contribution >= 4 is 16.9 Å². The van der Waals surface area contributed by atoms with Gasteiger partial charge in [0.05, 0.1) is 29.9 Å². The highest BCUT2D eigenvalue weighted by Gasteiger charge is 2.38. The third kappa shape index (κ3) is 2.71. The van der Waals surface area contributed by atoms with E-state index in [0.717, 1.165) is 31.5 Å². The molecule has 1 N–H and O–H groups in total. The molecule has 3 heterocycles. The zero-order chi connectivity index (χ0) is 16.7. The predicted octanol–water partition coefficient (Wildman–Crippen LogP) is 2.27. The SMILES string of the molecule is O[C@@H]1CCOC[C@H]1[C@H]1CCCN1c1cnc2cc(F)c(F)cc2n1. The van der Waals surface area contributed by atoms with Gasteiger partial charge in [0.25, 0.3) is 0 Å². The Labute approximate surface area is 138 Å². The summed E-state index contributed by atoms with van der Waals surface area (Å²) < 4.78 is 32.3. The Morgan fingerprint density at radius 1 is 1.17 bits per heavy atom. The average molecular weight is 335 g/mol. The fourth-order valence-corrected chi connectivity index (χ4v) is 3.77. The van der Waals surface area contributed by atoms with Crippen LogP contribution in [0.5, 0.6) is 0 Å². The summed E-state index contributed by atoms with van der Waals surface area (Å²) in [5.41, 5.74) is 0.659. The quantitative estimate of drug-likeness (QED) is 0.912. The largest absolute Gasteiger partial charge is 0.393 e. The second kappa shape index (κ2) is 6.22. The van der Waals surface area contributed by atoms with E-state index in [4.69, 9.17) is 4.74 Å². The van der Waals surface area contributed by atoms with Crippen LogP contribution in [0.4, 0.5) is 14.6 Å². The van der Waals surface area contributed by atoms with Gasteiger partial charge in [-0.05, 0) is 19.3 Å². The van der Waals surface area contributed by atoms with Crippen LogP contribution < -0.4 is 4.90 Å². The molecule has 0 amide bonds. The molecular formula is C17H19F2N3O2. The number of ether oxygens (including phenoxy) is 1. The van der Waals surface area contributed by atoms with Gasteiger partial charge in [-0.15, -0.1) is 0 Å². The Morgan fingerprint density at radius 2 is 1.96 bits per heavy atom. The Bertz CT molecular complexity index is 758. The number of aliphatic hydroxyl groups is 1. The molecule has 128 valence electrons. The van der Waals surface area contributed by atoms with E-state index < -0.39 is 11.6 Å². The molecule has 4 rings (SSSR count). The van der Waals surface area contributed by atoms with Crippen molar-refractivity contribution < 1.29 is 18.6 Å². The molecular weight excluding hydrogens is 316 g/mol. The van der Waals surface area contributed by atoms with Crippen molar-refractivity contribution in [1.82, 2.24) is 9.97 Å². The number of nitrogens with zero attached hydrogens (tertiary/aromatic N) is 3. The van der Waals surface area contributed by atoms with Gasteiger partial charge < -0.3 is 14.7 Å². The molecule has 2 saturated heterocycles. The molecule has 2 fully saturated rings. The minimum absolute atomic E-state index is 0.0312. The van der Waals surface area contributed by atoms with Gasteiger partial charge in [-0.1, -0.05) is 0 Å². The van der Waals surface area contributed by atoms with E-state index in [2.05, 4.69) is 14.9 Å². The van der Waals surface area contributed by atoms with Gasteiger partial charge in [0.2, 0.25) is 0 Å². The summed E-state index contributed by atoms with van der Waals surface area (Å²) in [6, 6.07) is 2.25. The highest BCUT2D eigenvalue weighted by molar-refractivity contribution is 5.75. The number of aromatic nitrogens is 2. The molecule has 2 aromatic rings. The van der Waals surface area contributed by atoms with Crippen LogP contribution in [0.1, 0.15) is 19.3 Å². The fourth-order valence-electron chi connectivity index (χ4n) is 3.77. The van der Waals surface area contributed by atoms with E-state index in [1.165, 1.54) is 0 Å². The maximum Gasteiger partial charge on any atom is 0.161 e. The van der Waals surface area contributed by atoms with Crippen molar-refractivity contribution in [3.63, 3.8) is 0 Å². The number of aliphatic hydroxyl groups excluding tert-OH is 1. The van der Waals surface area contributed by atoms with Crippen LogP contribution in [0.3, 0.4) is 0 Å². The summed E-state index contributed by atoms with van der Waals surface area (Å²) in [6.45, 7) is 1.92. The van der Waals surface area contributed by atoms with Crippen molar-refractivity contribution in [3.05, 3.63) is 30.0 Å². The molecule has 0 radical (unpaired) electrons. The van der Waals surface area contributed by atoms with Crippen LogP contribution in [-0.2, 0) is 4.74 Å². The van der Waals surface area contributed by atoms with Gasteiger partial charge in [0.1, 0.15) is 5.82 Å². The van der Waals surface area contributed by atoms with Crippen LogP contribution in [-0.4, -0.2) is 47.0 Å². The lowest BCUT2D eigenvalue weighted by atomic mass is 9.89. The summed E-state index contributed by atoms with van der Waals surface area (Å²) in [5.74, 6) is -1.19. The number of benzene rings is 1. The summed E-state index contributed by atoms with van der Waals surface area (Å²) in [4.78, 5) is 10.8. The first-order valence-corrected chi connectivity index (χ1v) is 8.28. The van der Waals surface area contributed by atoms with Crippen LogP contribution in [0, 0.1) is 17.6 Å². The maximum atomic E-state index is 13.5. The maximum absolute atomic E-state index is 13.5. The Morgan fingerprint density at radius 3 is 2.75 bits per heavy atom. The molecule has 2 aliphatic rings. The Balaban J connectivity index is 1.66. The summed E-state index contributed by atoms with van der Waals surface area (Å²) in [5, 5.41) is 10.3. The summed E-state index contributed by atoms with van der Waals surface area (Å²) in [7, 11) is 0. The second-order valence-electron chi connectivity index (χ2n) is 6.48. The van der Waals surface area contributed by atoms with Crippen molar-refractivity contribution in [3.8, 4) is 0 Å². The molecule has 1 aromatic carbocycles. The van der Waals surface area contributed by atoms with E-state index >= 15 is 0 Å².